The molecule has 6 nitrogen and oxygen atoms in total. The first kappa shape index (κ1) is 19.3. The van der Waals surface area contributed by atoms with E-state index in [2.05, 4.69) is 21.9 Å². The molecule has 7 heteroatoms. The number of rotatable bonds is 4. The maximum atomic E-state index is 13.5. The van der Waals surface area contributed by atoms with Crippen LogP contribution in [0.5, 0.6) is 0 Å². The van der Waals surface area contributed by atoms with Gasteiger partial charge >= 0.3 is 0 Å². The van der Waals surface area contributed by atoms with Gasteiger partial charge in [-0.2, -0.15) is 0 Å². The number of aromatic nitrogens is 1. The van der Waals surface area contributed by atoms with Crippen LogP contribution in [0.3, 0.4) is 0 Å². The summed E-state index contributed by atoms with van der Waals surface area (Å²) >= 11 is 0. The van der Waals surface area contributed by atoms with Crippen LogP contribution in [0.4, 0.5) is 0 Å². The number of nitrogens with zero attached hydrogens (tertiary/aromatic N) is 4. The van der Waals surface area contributed by atoms with Crippen LogP contribution in [0.1, 0.15) is 16.8 Å². The van der Waals surface area contributed by atoms with Crippen LogP contribution in [-0.2, 0) is 16.6 Å². The van der Waals surface area contributed by atoms with Gasteiger partial charge in [-0.3, -0.25) is 0 Å². The molecule has 0 aliphatic carbocycles. The van der Waals surface area contributed by atoms with E-state index in [1.165, 1.54) is 16.1 Å². The van der Waals surface area contributed by atoms with Crippen molar-refractivity contribution >= 4 is 20.9 Å². The Morgan fingerprint density at radius 2 is 1.50 bits per heavy atom. The van der Waals surface area contributed by atoms with Gasteiger partial charge in [0, 0.05) is 15.9 Å². The van der Waals surface area contributed by atoms with Gasteiger partial charge in [-0.25, -0.2) is 12.4 Å². The van der Waals surface area contributed by atoms with E-state index >= 15 is 0 Å². The summed E-state index contributed by atoms with van der Waals surface area (Å²) in [5.41, 5.74) is 11.0. The summed E-state index contributed by atoms with van der Waals surface area (Å²) in [4.78, 5) is 2.97. The van der Waals surface area contributed by atoms with Gasteiger partial charge in [-0.1, -0.05) is 71.6 Å². The number of benzene rings is 3. The highest BCUT2D eigenvalue weighted by Crippen LogP contribution is 2.30. The molecule has 1 heterocycles. The molecule has 0 amide bonds. The minimum absolute atomic E-state index is 0.143. The van der Waals surface area contributed by atoms with E-state index in [-0.39, 0.29) is 11.4 Å². The molecular weight excluding hydrogens is 396 g/mol. The predicted octanol–water partition coefficient (Wildman–Crippen LogP) is 5.09. The fraction of sp³-hybridized carbons (Fsp3) is 0.0435. The highest BCUT2D eigenvalue weighted by atomic mass is 32.2. The van der Waals surface area contributed by atoms with Crippen molar-refractivity contribution in [2.75, 3.05) is 0 Å². The first-order valence-corrected chi connectivity index (χ1v) is 10.6. The second kappa shape index (κ2) is 8.18. The Morgan fingerprint density at radius 1 is 0.867 bits per heavy atom. The highest BCUT2D eigenvalue weighted by molar-refractivity contribution is 7.90. The number of para-hydroxylation sites is 1. The molecule has 1 aromatic heterocycles. The molecule has 146 valence electrons. The van der Waals surface area contributed by atoms with Crippen LogP contribution >= 0.6 is 0 Å². The summed E-state index contributed by atoms with van der Waals surface area (Å²) < 4.78 is 28.2. The Kier molecular flexibility index (Phi) is 5.27. The number of fused-ring (bicyclic) bond motifs is 1. The van der Waals surface area contributed by atoms with Crippen molar-refractivity contribution in [1.29, 1.82) is 0 Å². The molecule has 0 saturated heterocycles. The predicted molar refractivity (Wildman–Crippen MR) is 116 cm³/mol. The molecule has 0 unspecified atom stereocenters. The van der Waals surface area contributed by atoms with E-state index in [0.29, 0.717) is 22.2 Å². The van der Waals surface area contributed by atoms with Gasteiger partial charge in [0.2, 0.25) is 0 Å². The van der Waals surface area contributed by atoms with Gasteiger partial charge in [0.05, 0.1) is 28.2 Å². The maximum Gasteiger partial charge on any atom is 0.268 e. The molecule has 0 fully saturated rings. The van der Waals surface area contributed by atoms with E-state index in [1.54, 1.807) is 30.3 Å². The van der Waals surface area contributed by atoms with Crippen LogP contribution in [0.25, 0.3) is 21.3 Å². The van der Waals surface area contributed by atoms with Crippen molar-refractivity contribution < 1.29 is 8.42 Å². The molecule has 0 spiro atoms. The lowest BCUT2D eigenvalue weighted by Crippen LogP contribution is -2.15. The summed E-state index contributed by atoms with van der Waals surface area (Å²) in [5, 5.41) is 4.33. The average Bonchev–Trinajstić information content (AvgIpc) is 3.11. The van der Waals surface area contributed by atoms with E-state index in [9.17, 15) is 8.42 Å². The topological polar surface area (TPSA) is 87.8 Å². The van der Waals surface area contributed by atoms with Gasteiger partial charge in [0.1, 0.15) is 0 Å². The van der Waals surface area contributed by atoms with Crippen LogP contribution in [-0.4, -0.2) is 12.4 Å². The second-order valence-corrected chi connectivity index (χ2v) is 8.21. The average molecular weight is 412 g/mol. The zero-order valence-electron chi connectivity index (χ0n) is 15.8. The lowest BCUT2D eigenvalue weighted by molar-refractivity contribution is 0.587. The van der Waals surface area contributed by atoms with Gasteiger partial charge in [0.15, 0.2) is 0 Å². The molecule has 0 N–H and O–H groups in total. The lowest BCUT2D eigenvalue weighted by atomic mass is 10.1. The minimum Gasteiger partial charge on any atom is -0.237 e. The van der Waals surface area contributed by atoms with Gasteiger partial charge in [0.25, 0.3) is 10.0 Å². The van der Waals surface area contributed by atoms with E-state index in [1.807, 2.05) is 42.5 Å². The van der Waals surface area contributed by atoms with Gasteiger partial charge in [-0.05, 0) is 35.9 Å². The van der Waals surface area contributed by atoms with Crippen molar-refractivity contribution in [2.24, 2.45) is 5.11 Å². The highest BCUT2D eigenvalue weighted by Gasteiger charge is 2.25. The van der Waals surface area contributed by atoms with Crippen molar-refractivity contribution in [3.63, 3.8) is 0 Å². The van der Waals surface area contributed by atoms with Gasteiger partial charge < -0.3 is 0 Å². The van der Waals surface area contributed by atoms with Crippen LogP contribution in [0, 0.1) is 11.8 Å². The standard InChI is InChI=1S/C23H16N4O2S/c24-26-25-17-23-21(16-15-18-9-3-1-4-10-18)20-13-7-8-14-22(20)27(23)30(28,29)19-11-5-2-6-12-19/h1-14H,17H2. The Balaban J connectivity index is 2.04. The molecule has 0 radical (unpaired) electrons. The molecule has 30 heavy (non-hydrogen) atoms. The monoisotopic (exact) mass is 412 g/mol. The Labute approximate surface area is 174 Å². The summed E-state index contributed by atoms with van der Waals surface area (Å²) in [6.45, 7) is -0.143. The molecular formula is C23H16N4O2S. The Morgan fingerprint density at radius 3 is 2.20 bits per heavy atom. The lowest BCUT2D eigenvalue weighted by Gasteiger charge is -2.11. The molecule has 0 atom stereocenters. The zero-order valence-corrected chi connectivity index (χ0v) is 16.6. The molecule has 0 aliphatic heterocycles. The summed E-state index contributed by atoms with van der Waals surface area (Å²) in [6.07, 6.45) is 0. The van der Waals surface area contributed by atoms with Crippen molar-refractivity contribution in [1.82, 2.24) is 3.97 Å². The first-order chi connectivity index (χ1) is 14.6. The van der Waals surface area contributed by atoms with Crippen molar-refractivity contribution in [3.05, 3.63) is 112 Å². The van der Waals surface area contributed by atoms with Crippen molar-refractivity contribution in [3.8, 4) is 11.8 Å². The summed E-state index contributed by atoms with van der Waals surface area (Å²) in [5.74, 6) is 6.19. The third-order valence-corrected chi connectivity index (χ3v) is 6.36. The Hall–Kier alpha value is -3.98. The normalized spacial score (nSPS) is 10.8. The van der Waals surface area contributed by atoms with Crippen molar-refractivity contribution in [2.45, 2.75) is 11.4 Å². The fourth-order valence-corrected chi connectivity index (χ4v) is 4.84. The molecule has 0 aliphatic rings. The summed E-state index contributed by atoms with van der Waals surface area (Å²) in [6, 6.07) is 24.7. The van der Waals surface area contributed by atoms with Crippen LogP contribution in [0.15, 0.2) is 94.9 Å². The largest absolute Gasteiger partial charge is 0.268 e. The molecule has 4 rings (SSSR count). The molecule has 3 aromatic carbocycles. The van der Waals surface area contributed by atoms with Crippen LogP contribution < -0.4 is 0 Å². The molecule has 4 aromatic rings. The second-order valence-electron chi connectivity index (χ2n) is 6.43. The summed E-state index contributed by atoms with van der Waals surface area (Å²) in [7, 11) is -3.92. The number of hydrogen-bond acceptors (Lipinski definition) is 3. The van der Waals surface area contributed by atoms with Crippen LogP contribution in [0.2, 0.25) is 0 Å². The quantitative estimate of drug-likeness (QED) is 0.202. The van der Waals surface area contributed by atoms with E-state index in [4.69, 9.17) is 5.53 Å². The fourth-order valence-electron chi connectivity index (χ4n) is 3.27. The molecule has 0 saturated carbocycles. The zero-order chi connectivity index (χ0) is 21.0. The molecule has 0 bridgehead atoms. The Bertz CT molecular complexity index is 1420. The smallest absolute Gasteiger partial charge is 0.237 e. The third kappa shape index (κ3) is 3.53. The number of hydrogen-bond donors (Lipinski definition) is 0. The minimum atomic E-state index is -3.92. The van der Waals surface area contributed by atoms with E-state index in [0.717, 1.165) is 5.56 Å². The van der Waals surface area contributed by atoms with E-state index < -0.39 is 10.0 Å². The number of azide groups is 1. The first-order valence-electron chi connectivity index (χ1n) is 9.14. The maximum absolute atomic E-state index is 13.5. The third-order valence-electron chi connectivity index (χ3n) is 4.60. The van der Waals surface area contributed by atoms with Gasteiger partial charge in [-0.15, -0.1) is 0 Å². The SMILES string of the molecule is [N-]=[N+]=NCc1c(C#Cc2ccccc2)c2ccccc2n1S(=O)(=O)c1ccccc1.